The molecule has 1 rings (SSSR count). The van der Waals surface area contributed by atoms with Gasteiger partial charge in [0.1, 0.15) is 11.5 Å². The lowest BCUT2D eigenvalue weighted by Gasteiger charge is -2.43. The van der Waals surface area contributed by atoms with Gasteiger partial charge >= 0.3 is 0 Å². The van der Waals surface area contributed by atoms with Crippen molar-refractivity contribution in [3.8, 4) is 0 Å². The van der Waals surface area contributed by atoms with Gasteiger partial charge in [-0.2, -0.15) is 0 Å². The van der Waals surface area contributed by atoms with Crippen LogP contribution >= 0.6 is 0 Å². The topological polar surface area (TPSA) is 62.6 Å². The maximum Gasteiger partial charge on any atom is 0.230 e. The highest BCUT2D eigenvalue weighted by Crippen LogP contribution is 2.42. The quantitative estimate of drug-likeness (QED) is 0.593. The van der Waals surface area contributed by atoms with E-state index in [1.54, 1.807) is 0 Å². The van der Waals surface area contributed by atoms with Crippen molar-refractivity contribution in [2.75, 3.05) is 6.61 Å². The van der Waals surface area contributed by atoms with E-state index in [1.165, 1.54) is 6.07 Å². The molecule has 0 aliphatic carbocycles. The summed E-state index contributed by atoms with van der Waals surface area (Å²) in [7, 11) is -2.20. The number of aromatic nitrogens is 1. The summed E-state index contributed by atoms with van der Waals surface area (Å²) < 4.78 is 19.1. The Kier molecular flexibility index (Phi) is 6.26. The zero-order valence-electron chi connectivity index (χ0n) is 14.3. The summed E-state index contributed by atoms with van der Waals surface area (Å²) in [4.78, 5) is 3.75. The van der Waals surface area contributed by atoms with Gasteiger partial charge in [0.25, 0.3) is 0 Å². The predicted octanol–water partition coefficient (Wildman–Crippen LogP) is 3.55. The maximum absolute atomic E-state index is 12.9. The van der Waals surface area contributed by atoms with Crippen LogP contribution in [-0.4, -0.2) is 30.1 Å². The summed E-state index contributed by atoms with van der Waals surface area (Å²) in [5, 5.41) is 20.5. The molecule has 0 spiro atoms. The molecule has 0 radical (unpaired) electrons. The van der Waals surface area contributed by atoms with Crippen LogP contribution in [-0.2, 0) is 10.2 Å². The molecular weight excluding hydrogens is 301 g/mol. The smallest absolute Gasteiger partial charge is 0.230 e. The van der Waals surface area contributed by atoms with Gasteiger partial charge < -0.3 is 14.6 Å². The van der Waals surface area contributed by atoms with Crippen molar-refractivity contribution >= 4 is 8.32 Å². The van der Waals surface area contributed by atoms with E-state index in [2.05, 4.69) is 46.5 Å². The minimum atomic E-state index is -2.22. The van der Waals surface area contributed by atoms with Crippen molar-refractivity contribution in [1.82, 2.24) is 4.98 Å². The van der Waals surface area contributed by atoms with Gasteiger partial charge in [-0.25, -0.2) is 4.39 Å². The summed E-state index contributed by atoms with van der Waals surface area (Å²) in [5.74, 6) is -2.74. The van der Waals surface area contributed by atoms with Crippen LogP contribution in [0.15, 0.2) is 18.3 Å². The van der Waals surface area contributed by atoms with Crippen LogP contribution in [0.3, 0.4) is 0 Å². The molecule has 1 heterocycles. The number of hydrogen-bond acceptors (Lipinski definition) is 4. The van der Waals surface area contributed by atoms with Crippen molar-refractivity contribution < 1.29 is 19.0 Å². The lowest BCUT2D eigenvalue weighted by molar-refractivity contribution is -0.195. The molecule has 0 bridgehead atoms. The van der Waals surface area contributed by atoms with Gasteiger partial charge in [-0.15, -0.1) is 0 Å². The van der Waals surface area contributed by atoms with Crippen LogP contribution in [0.5, 0.6) is 0 Å². The molecular formula is C16H28FNO3Si. The van der Waals surface area contributed by atoms with Gasteiger partial charge in [0.2, 0.25) is 14.1 Å². The Labute approximate surface area is 133 Å². The van der Waals surface area contributed by atoms with E-state index in [9.17, 15) is 14.6 Å². The van der Waals surface area contributed by atoms with Gasteiger partial charge in [0.15, 0.2) is 0 Å². The van der Waals surface area contributed by atoms with Crippen molar-refractivity contribution in [2.24, 2.45) is 0 Å². The lowest BCUT2D eigenvalue weighted by atomic mass is 10.2. The summed E-state index contributed by atoms with van der Waals surface area (Å²) in [6.45, 7) is 12.5. The summed E-state index contributed by atoms with van der Waals surface area (Å²) in [5.41, 5.74) is 1.01. The molecule has 0 aliphatic heterocycles. The third kappa shape index (κ3) is 3.93. The standard InChI is InChI=1S/C16H28FNO3Si/c1-11(2)22(12(3)4,13(5)6)21-10-16(19,20)15-8-7-14(17)9-18-15/h7-9,11-13,19-20H,10H2,1-6H3. The molecule has 6 heteroatoms. The van der Waals surface area contributed by atoms with Crippen LogP contribution in [0.25, 0.3) is 0 Å². The SMILES string of the molecule is CC(C)[Si](OCC(O)(O)c1ccc(F)cn1)(C(C)C)C(C)C. The molecule has 0 atom stereocenters. The Balaban J connectivity index is 2.99. The molecule has 126 valence electrons. The van der Waals surface area contributed by atoms with E-state index in [-0.39, 0.29) is 12.3 Å². The normalized spacial score (nSPS) is 13.5. The van der Waals surface area contributed by atoms with Crippen LogP contribution < -0.4 is 0 Å². The first-order valence-corrected chi connectivity index (χ1v) is 9.88. The third-order valence-electron chi connectivity index (χ3n) is 4.37. The third-order valence-corrected chi connectivity index (χ3v) is 10.4. The minimum absolute atomic E-state index is 0.00642. The van der Waals surface area contributed by atoms with Crippen molar-refractivity contribution in [3.63, 3.8) is 0 Å². The molecule has 1 aromatic heterocycles. The number of hydrogen-bond donors (Lipinski definition) is 2. The van der Waals surface area contributed by atoms with Gasteiger partial charge in [-0.05, 0) is 28.8 Å². The number of pyridine rings is 1. The lowest BCUT2D eigenvalue weighted by Crippen LogP contribution is -2.50. The molecule has 0 saturated heterocycles. The molecule has 0 aromatic carbocycles. The first kappa shape index (κ1) is 19.2. The highest BCUT2D eigenvalue weighted by atomic mass is 28.4. The van der Waals surface area contributed by atoms with Gasteiger partial charge in [-0.1, -0.05) is 41.5 Å². The van der Waals surface area contributed by atoms with Crippen molar-refractivity contribution in [3.05, 3.63) is 29.8 Å². The predicted molar refractivity (Wildman–Crippen MR) is 87.3 cm³/mol. The average Bonchev–Trinajstić information content (AvgIpc) is 2.38. The second-order valence-electron chi connectivity index (χ2n) is 6.78. The van der Waals surface area contributed by atoms with E-state index >= 15 is 0 Å². The summed E-state index contributed by atoms with van der Waals surface area (Å²) >= 11 is 0. The number of halogens is 1. The Morgan fingerprint density at radius 3 is 1.95 bits per heavy atom. The highest BCUT2D eigenvalue weighted by Gasteiger charge is 2.46. The zero-order valence-corrected chi connectivity index (χ0v) is 15.3. The van der Waals surface area contributed by atoms with E-state index in [0.29, 0.717) is 16.6 Å². The summed E-state index contributed by atoms with van der Waals surface area (Å²) in [6.07, 6.45) is 0.967. The maximum atomic E-state index is 12.9. The zero-order chi connectivity index (χ0) is 17.1. The number of nitrogens with zero attached hydrogens (tertiary/aromatic N) is 1. The fraction of sp³-hybridized carbons (Fsp3) is 0.688. The fourth-order valence-corrected chi connectivity index (χ4v) is 8.86. The first-order chi connectivity index (χ1) is 10.0. The Bertz CT molecular complexity index is 453. The molecule has 0 aliphatic rings. The second kappa shape index (κ2) is 7.17. The molecule has 0 amide bonds. The van der Waals surface area contributed by atoms with E-state index in [1.807, 2.05) is 0 Å². The van der Waals surface area contributed by atoms with Gasteiger partial charge in [0, 0.05) is 0 Å². The summed E-state index contributed by atoms with van der Waals surface area (Å²) in [6, 6.07) is 2.42. The highest BCUT2D eigenvalue weighted by molar-refractivity contribution is 6.77. The Morgan fingerprint density at radius 1 is 1.09 bits per heavy atom. The number of rotatable bonds is 7. The molecule has 0 fully saturated rings. The fourth-order valence-electron chi connectivity index (χ4n) is 3.41. The monoisotopic (exact) mass is 329 g/mol. The Hall–Kier alpha value is -0.823. The molecule has 4 nitrogen and oxygen atoms in total. The van der Waals surface area contributed by atoms with Crippen LogP contribution in [0, 0.1) is 5.82 Å². The van der Waals surface area contributed by atoms with E-state index < -0.39 is 19.9 Å². The molecule has 1 aromatic rings. The van der Waals surface area contributed by atoms with Gasteiger partial charge in [-0.3, -0.25) is 4.98 Å². The number of aliphatic hydroxyl groups is 2. The van der Waals surface area contributed by atoms with E-state index in [4.69, 9.17) is 4.43 Å². The molecule has 0 unspecified atom stereocenters. The molecule has 0 saturated carbocycles. The Morgan fingerprint density at radius 2 is 1.59 bits per heavy atom. The molecule has 22 heavy (non-hydrogen) atoms. The van der Waals surface area contributed by atoms with Crippen molar-refractivity contribution in [1.29, 1.82) is 0 Å². The van der Waals surface area contributed by atoms with Crippen molar-refractivity contribution in [2.45, 2.75) is 64.0 Å². The average molecular weight is 329 g/mol. The van der Waals surface area contributed by atoms with Crippen LogP contribution in [0.1, 0.15) is 47.2 Å². The van der Waals surface area contributed by atoms with Crippen LogP contribution in [0.2, 0.25) is 16.6 Å². The van der Waals surface area contributed by atoms with Crippen LogP contribution in [0.4, 0.5) is 4.39 Å². The minimum Gasteiger partial charge on any atom is -0.410 e. The largest absolute Gasteiger partial charge is 0.410 e. The molecule has 2 N–H and O–H groups in total. The first-order valence-electron chi connectivity index (χ1n) is 7.74. The second-order valence-corrected chi connectivity index (χ2v) is 12.2. The van der Waals surface area contributed by atoms with Gasteiger partial charge in [0.05, 0.1) is 12.8 Å². The van der Waals surface area contributed by atoms with E-state index in [0.717, 1.165) is 12.3 Å².